The van der Waals surface area contributed by atoms with Gasteiger partial charge >= 0.3 is 0 Å². The van der Waals surface area contributed by atoms with Crippen molar-refractivity contribution in [3.8, 4) is 0 Å². The summed E-state index contributed by atoms with van der Waals surface area (Å²) in [5.41, 5.74) is 0.129. The summed E-state index contributed by atoms with van der Waals surface area (Å²) in [6.07, 6.45) is 8.01. The van der Waals surface area contributed by atoms with E-state index in [1.807, 2.05) is 6.08 Å². The third-order valence-electron chi connectivity index (χ3n) is 8.68. The summed E-state index contributed by atoms with van der Waals surface area (Å²) in [4.78, 5) is 24.5. The van der Waals surface area contributed by atoms with E-state index in [9.17, 15) is 14.7 Å². The van der Waals surface area contributed by atoms with Crippen LogP contribution in [-0.2, 0) is 9.59 Å². The number of alkyl halides is 1. The molecule has 3 nitrogen and oxygen atoms in total. The van der Waals surface area contributed by atoms with Gasteiger partial charge in [0.05, 0.1) is 5.88 Å². The minimum atomic E-state index is -1.48. The maximum absolute atomic E-state index is 12.6. The Hall–Kier alpha value is -0.930. The lowest BCUT2D eigenvalue weighted by molar-refractivity contribution is -0.154. The van der Waals surface area contributed by atoms with Gasteiger partial charge in [0, 0.05) is 11.8 Å². The van der Waals surface area contributed by atoms with Crippen LogP contribution >= 0.6 is 11.6 Å². The number of carbonyl (C=O) groups is 2. The number of hydrogen-bond acceptors (Lipinski definition) is 3. The van der Waals surface area contributed by atoms with Gasteiger partial charge in [0.25, 0.3) is 0 Å². The van der Waals surface area contributed by atoms with Gasteiger partial charge < -0.3 is 5.11 Å². The first-order chi connectivity index (χ1) is 12.2. The molecule has 0 heterocycles. The van der Waals surface area contributed by atoms with Gasteiger partial charge in [0.2, 0.25) is 0 Å². The molecule has 0 radical (unpaired) electrons. The molecule has 0 aromatic heterocycles. The van der Waals surface area contributed by atoms with E-state index in [1.54, 1.807) is 0 Å². The van der Waals surface area contributed by atoms with Crippen molar-refractivity contribution in [3.63, 3.8) is 0 Å². The largest absolute Gasteiger partial charge is 0.377 e. The predicted molar refractivity (Wildman–Crippen MR) is 102 cm³/mol. The smallest absolute Gasteiger partial charge is 0.183 e. The van der Waals surface area contributed by atoms with Gasteiger partial charge in [0.15, 0.2) is 17.2 Å². The SMILES string of the molecule is C=C1C[C@H]2[C@@H]3CCC4=CC(=O)CC[C@]4(C)[C@H]3CC[C@]2(C)[C@@]1(O)C(=O)CCl. The van der Waals surface area contributed by atoms with E-state index in [2.05, 4.69) is 20.4 Å². The summed E-state index contributed by atoms with van der Waals surface area (Å²) >= 11 is 5.85. The number of carbonyl (C=O) groups excluding carboxylic acids is 2. The quantitative estimate of drug-likeness (QED) is 0.579. The van der Waals surface area contributed by atoms with Gasteiger partial charge in [-0.2, -0.15) is 0 Å². The molecule has 1 N–H and O–H groups in total. The van der Waals surface area contributed by atoms with Crippen LogP contribution in [0.4, 0.5) is 0 Å². The standard InChI is InChI=1S/C22H29ClO3/c1-13-10-18-16-5-4-14-11-15(24)6-8-20(14,2)17(16)7-9-21(18,3)22(13,26)19(25)12-23/h11,16-18,26H,1,4-10,12H2,2-3H3/t16-,17+,18+,20+,21+,22+/m1/s1. The van der Waals surface area contributed by atoms with Gasteiger partial charge in [0.1, 0.15) is 0 Å². The maximum atomic E-state index is 12.6. The van der Waals surface area contributed by atoms with Gasteiger partial charge in [-0.25, -0.2) is 0 Å². The molecule has 0 aliphatic heterocycles. The summed E-state index contributed by atoms with van der Waals surface area (Å²) in [5, 5.41) is 11.4. The Balaban J connectivity index is 1.72. The number of rotatable bonds is 2. The van der Waals surface area contributed by atoms with Crippen LogP contribution in [0.25, 0.3) is 0 Å². The fourth-order valence-electron chi connectivity index (χ4n) is 7.13. The van der Waals surface area contributed by atoms with Crippen LogP contribution in [0.3, 0.4) is 0 Å². The Morgan fingerprint density at radius 1 is 1.27 bits per heavy atom. The van der Waals surface area contributed by atoms with E-state index in [0.717, 1.165) is 32.1 Å². The first-order valence-electron chi connectivity index (χ1n) is 9.92. The maximum Gasteiger partial charge on any atom is 0.183 e. The van der Waals surface area contributed by atoms with Gasteiger partial charge in [-0.05, 0) is 73.3 Å². The van der Waals surface area contributed by atoms with Gasteiger partial charge in [-0.1, -0.05) is 26.0 Å². The topological polar surface area (TPSA) is 54.4 Å². The van der Waals surface area contributed by atoms with Crippen LogP contribution in [-0.4, -0.2) is 28.2 Å². The summed E-state index contributed by atoms with van der Waals surface area (Å²) < 4.78 is 0. The second-order valence-corrected chi connectivity index (χ2v) is 9.77. The van der Waals surface area contributed by atoms with Crippen molar-refractivity contribution in [3.05, 3.63) is 23.8 Å². The van der Waals surface area contributed by atoms with E-state index in [0.29, 0.717) is 30.3 Å². The van der Waals surface area contributed by atoms with E-state index in [-0.39, 0.29) is 28.8 Å². The van der Waals surface area contributed by atoms with Crippen molar-refractivity contribution >= 4 is 23.2 Å². The molecule has 0 bridgehead atoms. The molecule has 4 rings (SSSR count). The molecule has 142 valence electrons. The van der Waals surface area contributed by atoms with Crippen LogP contribution in [0.1, 0.15) is 58.8 Å². The van der Waals surface area contributed by atoms with Crippen LogP contribution in [0.15, 0.2) is 23.8 Å². The number of halogens is 1. The van der Waals surface area contributed by atoms with E-state index >= 15 is 0 Å². The molecule has 0 amide bonds. The monoisotopic (exact) mass is 376 g/mol. The number of Topliss-reactive ketones (excluding diaryl/α,β-unsaturated/α-hetero) is 1. The molecule has 6 atom stereocenters. The van der Waals surface area contributed by atoms with Gasteiger partial charge in [-0.3, -0.25) is 9.59 Å². The van der Waals surface area contributed by atoms with Crippen LogP contribution < -0.4 is 0 Å². The predicted octanol–water partition coefficient (Wildman–Crippen LogP) is 4.22. The van der Waals surface area contributed by atoms with E-state index < -0.39 is 11.0 Å². The molecule has 4 heteroatoms. The highest BCUT2D eigenvalue weighted by atomic mass is 35.5. The second-order valence-electron chi connectivity index (χ2n) is 9.50. The zero-order chi connectivity index (χ0) is 18.9. The fraction of sp³-hybridized carbons (Fsp3) is 0.727. The molecule has 0 saturated heterocycles. The lowest BCUT2D eigenvalue weighted by Gasteiger charge is -2.58. The fourth-order valence-corrected chi connectivity index (χ4v) is 7.33. The van der Waals surface area contributed by atoms with E-state index in [1.165, 1.54) is 5.57 Å². The van der Waals surface area contributed by atoms with Crippen molar-refractivity contribution in [1.29, 1.82) is 0 Å². The first-order valence-corrected chi connectivity index (χ1v) is 10.5. The van der Waals surface area contributed by atoms with Crippen molar-refractivity contribution in [2.24, 2.45) is 28.6 Å². The number of ketones is 2. The molecular weight excluding hydrogens is 348 g/mol. The second kappa shape index (κ2) is 5.78. The molecule has 0 aromatic carbocycles. The molecule has 0 spiro atoms. The molecule has 26 heavy (non-hydrogen) atoms. The van der Waals surface area contributed by atoms with Crippen LogP contribution in [0, 0.1) is 28.6 Å². The Labute approximate surface area is 160 Å². The van der Waals surface area contributed by atoms with E-state index in [4.69, 9.17) is 11.6 Å². The number of fused-ring (bicyclic) bond motifs is 5. The first kappa shape index (κ1) is 18.4. The zero-order valence-corrected chi connectivity index (χ0v) is 16.6. The number of allylic oxidation sites excluding steroid dienone is 1. The molecule has 0 aromatic rings. The summed E-state index contributed by atoms with van der Waals surface area (Å²) in [6.45, 7) is 8.52. The molecule has 4 aliphatic rings. The third-order valence-corrected chi connectivity index (χ3v) is 8.92. The van der Waals surface area contributed by atoms with Crippen molar-refractivity contribution in [2.75, 3.05) is 5.88 Å². The molecule has 3 fully saturated rings. The lowest BCUT2D eigenvalue weighted by Crippen LogP contribution is -2.58. The van der Waals surface area contributed by atoms with Crippen molar-refractivity contribution in [2.45, 2.75) is 64.4 Å². The normalized spacial score (nSPS) is 47.7. The summed E-state index contributed by atoms with van der Waals surface area (Å²) in [5.74, 6) is 1.07. The highest BCUT2D eigenvalue weighted by Gasteiger charge is 2.67. The summed E-state index contributed by atoms with van der Waals surface area (Å²) in [6, 6.07) is 0. The Kier molecular flexibility index (Phi) is 4.10. The van der Waals surface area contributed by atoms with Crippen LogP contribution in [0.2, 0.25) is 0 Å². The minimum Gasteiger partial charge on any atom is -0.377 e. The Morgan fingerprint density at radius 3 is 2.69 bits per heavy atom. The highest BCUT2D eigenvalue weighted by molar-refractivity contribution is 6.29. The number of aliphatic hydroxyl groups is 1. The molecule has 4 aliphatic carbocycles. The average Bonchev–Trinajstić information content (AvgIpc) is 2.83. The number of hydrogen-bond donors (Lipinski definition) is 1. The molecular formula is C22H29ClO3. The van der Waals surface area contributed by atoms with Gasteiger partial charge in [-0.15, -0.1) is 11.6 Å². The Bertz CT molecular complexity index is 725. The third kappa shape index (κ3) is 2.10. The van der Waals surface area contributed by atoms with Crippen molar-refractivity contribution < 1.29 is 14.7 Å². The molecule has 0 unspecified atom stereocenters. The van der Waals surface area contributed by atoms with Crippen LogP contribution in [0.5, 0.6) is 0 Å². The lowest BCUT2D eigenvalue weighted by atomic mass is 9.46. The zero-order valence-electron chi connectivity index (χ0n) is 15.8. The highest BCUT2D eigenvalue weighted by Crippen LogP contribution is 2.68. The average molecular weight is 377 g/mol. The molecule has 3 saturated carbocycles. The minimum absolute atomic E-state index is 0.0939. The Morgan fingerprint density at radius 2 is 2.00 bits per heavy atom. The summed E-state index contributed by atoms with van der Waals surface area (Å²) in [7, 11) is 0. The van der Waals surface area contributed by atoms with Crippen molar-refractivity contribution in [1.82, 2.24) is 0 Å².